The maximum absolute atomic E-state index is 13.2. The first kappa shape index (κ1) is 31.9. The number of carbonyl (C=O) groups excluding carboxylic acids is 2. The van der Waals surface area contributed by atoms with Gasteiger partial charge in [0.15, 0.2) is 0 Å². The third-order valence-electron chi connectivity index (χ3n) is 7.93. The summed E-state index contributed by atoms with van der Waals surface area (Å²) in [5.41, 5.74) is 0.429. The molecule has 2 saturated heterocycles. The summed E-state index contributed by atoms with van der Waals surface area (Å²) in [5, 5.41) is 21.5. The summed E-state index contributed by atoms with van der Waals surface area (Å²) in [6.45, 7) is 1.13. The van der Waals surface area contributed by atoms with E-state index in [1.807, 2.05) is 12.1 Å². The van der Waals surface area contributed by atoms with Crippen molar-refractivity contribution in [3.05, 3.63) is 47.0 Å². The lowest BCUT2D eigenvalue weighted by atomic mass is 9.87. The molecule has 2 aromatic rings. The predicted octanol–water partition coefficient (Wildman–Crippen LogP) is 3.57. The second-order valence-electron chi connectivity index (χ2n) is 11.2. The maximum atomic E-state index is 13.2. The minimum Gasteiger partial charge on any atom is -0.497 e. The van der Waals surface area contributed by atoms with Crippen molar-refractivity contribution in [3.8, 4) is 17.2 Å². The molecule has 2 atom stereocenters. The summed E-state index contributed by atoms with van der Waals surface area (Å²) >= 11 is 6.13. The number of hydrogen-bond donors (Lipinski definition) is 2. The van der Waals surface area contributed by atoms with Crippen LogP contribution in [-0.2, 0) is 16.1 Å². The minimum absolute atomic E-state index is 0.0348. The van der Waals surface area contributed by atoms with Gasteiger partial charge in [-0.3, -0.25) is 0 Å². The van der Waals surface area contributed by atoms with E-state index >= 15 is 0 Å². The number of nitrogens with zero attached hydrogens (tertiary/aromatic N) is 3. The van der Waals surface area contributed by atoms with Crippen LogP contribution in [0, 0.1) is 0 Å². The van der Waals surface area contributed by atoms with E-state index in [0.29, 0.717) is 18.1 Å². The molecule has 1 spiro atoms. The van der Waals surface area contributed by atoms with Gasteiger partial charge in [0, 0.05) is 63.1 Å². The first-order chi connectivity index (χ1) is 20.9. The predicted molar refractivity (Wildman–Crippen MR) is 151 cm³/mol. The molecule has 3 aliphatic heterocycles. The summed E-state index contributed by atoms with van der Waals surface area (Å²) in [7, 11) is 1.36. The molecule has 0 aromatic heterocycles. The van der Waals surface area contributed by atoms with Gasteiger partial charge in [0.25, 0.3) is 0 Å². The Morgan fingerprint density at radius 3 is 2.59 bits per heavy atom. The van der Waals surface area contributed by atoms with Gasteiger partial charge >= 0.3 is 18.2 Å². The number of methoxy groups -OCH3 is 1. The van der Waals surface area contributed by atoms with Crippen LogP contribution in [-0.4, -0.2) is 102 Å². The Bertz CT molecular complexity index is 1370. The van der Waals surface area contributed by atoms with Crippen LogP contribution in [0.15, 0.2) is 36.4 Å². The van der Waals surface area contributed by atoms with Crippen molar-refractivity contribution < 1.29 is 52.0 Å². The molecule has 0 saturated carbocycles. The van der Waals surface area contributed by atoms with Crippen LogP contribution in [0.5, 0.6) is 17.2 Å². The Labute approximate surface area is 256 Å². The van der Waals surface area contributed by atoms with Gasteiger partial charge in [-0.2, -0.15) is 13.2 Å². The molecule has 11 nitrogen and oxygen atoms in total. The van der Waals surface area contributed by atoms with Crippen LogP contribution in [0.25, 0.3) is 0 Å². The van der Waals surface area contributed by atoms with E-state index in [1.54, 1.807) is 6.07 Å². The number of anilines is 1. The molecular formula is C29H33ClF3N3O8. The number of alkyl halides is 3. The van der Waals surface area contributed by atoms with E-state index in [9.17, 15) is 33.0 Å². The van der Waals surface area contributed by atoms with Gasteiger partial charge in [0.2, 0.25) is 0 Å². The fourth-order valence-electron chi connectivity index (χ4n) is 5.64. The second-order valence-corrected chi connectivity index (χ2v) is 11.6. The van der Waals surface area contributed by atoms with Crippen molar-refractivity contribution >= 4 is 29.3 Å². The zero-order chi connectivity index (χ0) is 31.6. The number of halogens is 4. The number of amides is 2. The number of ether oxygens (including phenoxy) is 3. The Morgan fingerprint density at radius 2 is 1.93 bits per heavy atom. The molecule has 44 heavy (non-hydrogen) atoms. The van der Waals surface area contributed by atoms with E-state index in [4.69, 9.17) is 25.8 Å². The third-order valence-corrected chi connectivity index (χ3v) is 8.16. The summed E-state index contributed by atoms with van der Waals surface area (Å²) in [6.07, 6.45) is -4.85. The number of likely N-dealkylation sites (tertiary alicyclic amines) is 2. The van der Waals surface area contributed by atoms with E-state index in [-0.39, 0.29) is 60.5 Å². The molecule has 15 heteroatoms. The number of aliphatic hydroxyl groups excluding tert-OH is 2. The van der Waals surface area contributed by atoms with Gasteiger partial charge in [-0.05, 0) is 42.3 Å². The number of benzene rings is 2. The van der Waals surface area contributed by atoms with Crippen molar-refractivity contribution in [2.24, 2.45) is 0 Å². The molecule has 3 aliphatic rings. The molecule has 2 aromatic carbocycles. The fourth-order valence-corrected chi connectivity index (χ4v) is 5.83. The highest BCUT2D eigenvalue weighted by molar-refractivity contribution is 6.30. The highest BCUT2D eigenvalue weighted by atomic mass is 35.5. The zero-order valence-corrected chi connectivity index (χ0v) is 24.6. The highest BCUT2D eigenvalue weighted by Gasteiger charge is 2.45. The van der Waals surface area contributed by atoms with E-state index < -0.39 is 30.4 Å². The number of rotatable bonds is 7. The van der Waals surface area contributed by atoms with Crippen molar-refractivity contribution in [2.75, 3.05) is 51.5 Å². The normalized spacial score (nSPS) is 20.2. The van der Waals surface area contributed by atoms with Crippen LogP contribution in [0.1, 0.15) is 24.8 Å². The number of piperidine rings is 1. The fraction of sp³-hybridized carbons (Fsp3) is 0.517. The number of fused-ring (bicyclic) bond motifs is 1. The lowest BCUT2D eigenvalue weighted by Crippen LogP contribution is -2.49. The van der Waals surface area contributed by atoms with Gasteiger partial charge in [-0.1, -0.05) is 11.6 Å². The van der Waals surface area contributed by atoms with Crippen LogP contribution < -0.4 is 19.3 Å². The summed E-state index contributed by atoms with van der Waals surface area (Å²) in [6, 6.07) is 8.33. The molecule has 2 amide bonds. The number of carbonyl (C=O) groups is 2. The number of hydroxylamine groups is 1. The third kappa shape index (κ3) is 7.25. The Morgan fingerprint density at radius 1 is 1.18 bits per heavy atom. The molecule has 3 heterocycles. The molecule has 5 rings (SSSR count). The monoisotopic (exact) mass is 643 g/mol. The number of β-amino-alcohol motifs (C(OH)–C–C–N with tert-alkyl or cyclic N) is 2. The number of hydrogen-bond acceptors (Lipinski definition) is 9. The maximum Gasteiger partial charge on any atom is 0.493 e. The quantitative estimate of drug-likeness (QED) is 0.436. The summed E-state index contributed by atoms with van der Waals surface area (Å²) < 4.78 is 56.7. The van der Waals surface area contributed by atoms with Gasteiger partial charge in [-0.15, -0.1) is 5.06 Å². The van der Waals surface area contributed by atoms with Gasteiger partial charge in [0.05, 0.1) is 13.2 Å². The van der Waals surface area contributed by atoms with Gasteiger partial charge in [0.1, 0.15) is 41.2 Å². The van der Waals surface area contributed by atoms with Crippen LogP contribution >= 0.6 is 11.6 Å². The highest BCUT2D eigenvalue weighted by Crippen LogP contribution is 2.42. The summed E-state index contributed by atoms with van der Waals surface area (Å²) in [5.74, 6) is -1.71. The smallest absolute Gasteiger partial charge is 0.493 e. The van der Waals surface area contributed by atoms with E-state index in [0.717, 1.165) is 35.5 Å². The molecular weight excluding hydrogens is 611 g/mol. The Kier molecular flexibility index (Phi) is 9.35. The molecule has 2 fully saturated rings. The molecule has 0 unspecified atom stereocenters. The molecule has 240 valence electrons. The standard InChI is InChI=1S/C29H33ClF3N3O8/c1-41-22-3-4-23(36(44-26(39)29(31,32)33)27(40)35-9-6-20(37)16-35)25(13-22)42-17-21(38)15-34-10-7-28(8-11-34)14-18-12-19(30)2-5-24(18)43-28/h2-5,12-13,20-21,37-38H,6-11,14-17H2,1H3/t20-,21-/m0/s1. The molecule has 0 aliphatic carbocycles. The van der Waals surface area contributed by atoms with Crippen molar-refractivity contribution in [2.45, 2.75) is 49.7 Å². The zero-order valence-electron chi connectivity index (χ0n) is 23.9. The molecule has 2 N–H and O–H groups in total. The van der Waals surface area contributed by atoms with Crippen LogP contribution in [0.3, 0.4) is 0 Å². The topological polar surface area (TPSA) is 121 Å². The number of aliphatic hydroxyl groups is 2. The van der Waals surface area contributed by atoms with Crippen molar-refractivity contribution in [1.29, 1.82) is 0 Å². The van der Waals surface area contributed by atoms with Crippen LogP contribution in [0.4, 0.5) is 23.7 Å². The number of urea groups is 1. The largest absolute Gasteiger partial charge is 0.497 e. The molecule has 0 radical (unpaired) electrons. The second kappa shape index (κ2) is 12.9. The lowest BCUT2D eigenvalue weighted by Gasteiger charge is -2.39. The van der Waals surface area contributed by atoms with Crippen molar-refractivity contribution in [1.82, 2.24) is 9.80 Å². The van der Waals surface area contributed by atoms with Gasteiger partial charge in [-0.25, -0.2) is 9.59 Å². The van der Waals surface area contributed by atoms with E-state index in [2.05, 4.69) is 9.74 Å². The summed E-state index contributed by atoms with van der Waals surface area (Å²) in [4.78, 5) is 32.6. The Hall–Kier alpha value is -3.46. The average molecular weight is 644 g/mol. The first-order valence-electron chi connectivity index (χ1n) is 14.1. The minimum atomic E-state index is -5.39. The Balaban J connectivity index is 1.24. The lowest BCUT2D eigenvalue weighted by molar-refractivity contribution is -0.200. The van der Waals surface area contributed by atoms with E-state index in [1.165, 1.54) is 25.3 Å². The van der Waals surface area contributed by atoms with Crippen molar-refractivity contribution in [3.63, 3.8) is 0 Å². The molecule has 0 bridgehead atoms. The average Bonchev–Trinajstić information content (AvgIpc) is 3.57. The SMILES string of the molecule is COc1ccc(N(OC(=O)C(F)(F)F)C(=O)N2CC[C@H](O)C2)c(OC[C@@H](O)CN2CCC3(CC2)Cc2cc(Cl)ccc2O3)c1. The first-order valence-corrected chi connectivity index (χ1v) is 14.5. The van der Waals surface area contributed by atoms with Crippen LogP contribution in [0.2, 0.25) is 5.02 Å². The van der Waals surface area contributed by atoms with Gasteiger partial charge < -0.3 is 39.1 Å².